The number of anilines is 2. The van der Waals surface area contributed by atoms with Crippen molar-refractivity contribution in [1.82, 2.24) is 0 Å². The first kappa shape index (κ1) is 19.2. The average Bonchev–Trinajstić information content (AvgIpc) is 2.62. The number of aryl methyl sites for hydroxylation is 2. The van der Waals surface area contributed by atoms with Crippen molar-refractivity contribution < 1.29 is 19.5 Å². The number of carboxylic acid groups (broad SMARTS) is 1. The normalized spacial score (nSPS) is 10.3. The maximum Gasteiger partial charge on any atom is 0.337 e. The van der Waals surface area contributed by atoms with E-state index in [4.69, 9.17) is 5.11 Å². The minimum atomic E-state index is -1.11. The molecule has 0 saturated carbocycles. The van der Waals surface area contributed by atoms with Crippen LogP contribution in [0.5, 0.6) is 0 Å². The second kappa shape index (κ2) is 8.29. The number of carbonyl (C=O) groups is 3. The largest absolute Gasteiger partial charge is 0.478 e. The smallest absolute Gasteiger partial charge is 0.337 e. The van der Waals surface area contributed by atoms with Gasteiger partial charge in [0.05, 0.1) is 17.8 Å². The van der Waals surface area contributed by atoms with Gasteiger partial charge in [-0.2, -0.15) is 0 Å². The highest BCUT2D eigenvalue weighted by molar-refractivity contribution is 6.04. The lowest BCUT2D eigenvalue weighted by Crippen LogP contribution is -2.23. The van der Waals surface area contributed by atoms with Gasteiger partial charge in [0.15, 0.2) is 5.78 Å². The molecule has 0 spiro atoms. The van der Waals surface area contributed by atoms with Gasteiger partial charge in [0.1, 0.15) is 0 Å². The summed E-state index contributed by atoms with van der Waals surface area (Å²) in [6.07, 6.45) is 0.370. The summed E-state index contributed by atoms with van der Waals surface area (Å²) in [6.45, 7) is 5.57. The highest BCUT2D eigenvalue weighted by Gasteiger charge is 2.14. The highest BCUT2D eigenvalue weighted by Crippen LogP contribution is 2.22. The second-order valence-electron chi connectivity index (χ2n) is 6.01. The van der Waals surface area contributed by atoms with E-state index in [2.05, 4.69) is 10.6 Å². The Labute approximate surface area is 152 Å². The van der Waals surface area contributed by atoms with Crippen molar-refractivity contribution in [2.75, 3.05) is 17.2 Å². The van der Waals surface area contributed by atoms with Crippen molar-refractivity contribution in [3.63, 3.8) is 0 Å². The molecular formula is C20H22N2O4. The number of nitrogens with one attached hydrogen (secondary N) is 2. The van der Waals surface area contributed by atoms with Crippen molar-refractivity contribution in [3.05, 3.63) is 58.7 Å². The first-order valence-corrected chi connectivity index (χ1v) is 8.34. The molecule has 26 heavy (non-hydrogen) atoms. The summed E-state index contributed by atoms with van der Waals surface area (Å²) in [7, 11) is 0. The Morgan fingerprint density at radius 2 is 1.62 bits per heavy atom. The van der Waals surface area contributed by atoms with Crippen LogP contribution in [0.25, 0.3) is 0 Å². The highest BCUT2D eigenvalue weighted by atomic mass is 16.4. The first-order chi connectivity index (χ1) is 12.3. The summed E-state index contributed by atoms with van der Waals surface area (Å²) in [5.74, 6) is -1.52. The van der Waals surface area contributed by atoms with E-state index in [1.165, 1.54) is 12.1 Å². The molecule has 0 heterocycles. The lowest BCUT2D eigenvalue weighted by atomic mass is 10.00. The molecule has 0 fully saturated rings. The minimum absolute atomic E-state index is 0.00719. The van der Waals surface area contributed by atoms with Crippen LogP contribution < -0.4 is 10.6 Å². The van der Waals surface area contributed by atoms with E-state index < -0.39 is 11.9 Å². The maximum absolute atomic E-state index is 12.2. The number of benzene rings is 2. The Kier molecular flexibility index (Phi) is 6.11. The molecule has 1 amide bonds. The molecule has 0 bridgehead atoms. The summed E-state index contributed by atoms with van der Waals surface area (Å²) in [4.78, 5) is 35.6. The van der Waals surface area contributed by atoms with Crippen LogP contribution in [0.2, 0.25) is 0 Å². The van der Waals surface area contributed by atoms with Crippen LogP contribution >= 0.6 is 0 Å². The number of aromatic carboxylic acids is 1. The molecule has 2 rings (SSSR count). The van der Waals surface area contributed by atoms with Crippen LogP contribution in [0.4, 0.5) is 11.4 Å². The van der Waals surface area contributed by atoms with Crippen LogP contribution in [0.15, 0.2) is 36.4 Å². The van der Waals surface area contributed by atoms with Crippen LogP contribution in [0.3, 0.4) is 0 Å². The van der Waals surface area contributed by atoms with E-state index in [1.807, 2.05) is 26.0 Å². The van der Waals surface area contributed by atoms with Gasteiger partial charge in [-0.05, 0) is 49.2 Å². The van der Waals surface area contributed by atoms with Crippen molar-refractivity contribution in [2.24, 2.45) is 0 Å². The fraction of sp³-hybridized carbons (Fsp3) is 0.250. The van der Waals surface area contributed by atoms with Gasteiger partial charge in [0.25, 0.3) is 0 Å². The van der Waals surface area contributed by atoms with Gasteiger partial charge in [-0.1, -0.05) is 19.1 Å². The predicted molar refractivity (Wildman–Crippen MR) is 101 cm³/mol. The molecule has 0 unspecified atom stereocenters. The van der Waals surface area contributed by atoms with Crippen LogP contribution in [0, 0.1) is 13.8 Å². The molecule has 0 aromatic heterocycles. The summed E-state index contributed by atoms with van der Waals surface area (Å²) in [5.41, 5.74) is 3.42. The zero-order valence-electron chi connectivity index (χ0n) is 15.1. The molecule has 0 aliphatic carbocycles. The van der Waals surface area contributed by atoms with Gasteiger partial charge in [-0.25, -0.2) is 4.79 Å². The third-order valence-electron chi connectivity index (χ3n) is 4.13. The molecule has 3 N–H and O–H groups in total. The molecule has 6 heteroatoms. The van der Waals surface area contributed by atoms with Gasteiger partial charge < -0.3 is 15.7 Å². The number of Topliss-reactive ketones (excluding diaryl/α,β-unsaturated/α-hetero) is 1. The van der Waals surface area contributed by atoms with Crippen LogP contribution in [-0.2, 0) is 4.79 Å². The zero-order valence-corrected chi connectivity index (χ0v) is 15.1. The molecule has 2 aromatic carbocycles. The zero-order chi connectivity index (χ0) is 19.3. The van der Waals surface area contributed by atoms with E-state index in [-0.39, 0.29) is 23.6 Å². The molecule has 136 valence electrons. The third-order valence-corrected chi connectivity index (χ3v) is 4.13. The number of hydrogen-bond acceptors (Lipinski definition) is 4. The van der Waals surface area contributed by atoms with Gasteiger partial charge in [-0.15, -0.1) is 0 Å². The molecule has 0 radical (unpaired) electrons. The Morgan fingerprint density at radius 3 is 2.27 bits per heavy atom. The molecule has 6 nitrogen and oxygen atoms in total. The number of ketones is 1. The maximum atomic E-state index is 12.2. The Bertz CT molecular complexity index is 859. The Hall–Kier alpha value is -3.15. The molecule has 2 aromatic rings. The summed E-state index contributed by atoms with van der Waals surface area (Å²) in [5, 5.41) is 14.7. The van der Waals surface area contributed by atoms with Crippen LogP contribution in [-0.4, -0.2) is 29.3 Å². The predicted octanol–water partition coefficient (Wildman–Crippen LogP) is 3.64. The van der Waals surface area contributed by atoms with Gasteiger partial charge in [0, 0.05) is 17.7 Å². The Balaban J connectivity index is 2.14. The fourth-order valence-electron chi connectivity index (χ4n) is 2.53. The van der Waals surface area contributed by atoms with Gasteiger partial charge in [0.2, 0.25) is 5.91 Å². The SMILES string of the molecule is CCC(=O)c1cc(C)c(C)cc1NCC(=O)Nc1ccccc1C(=O)O. The number of para-hydroxylation sites is 1. The lowest BCUT2D eigenvalue weighted by Gasteiger charge is -2.14. The summed E-state index contributed by atoms with van der Waals surface area (Å²) >= 11 is 0. The lowest BCUT2D eigenvalue weighted by molar-refractivity contribution is -0.114. The fourth-order valence-corrected chi connectivity index (χ4v) is 2.53. The van der Waals surface area contributed by atoms with E-state index in [0.717, 1.165) is 11.1 Å². The average molecular weight is 354 g/mol. The molecule has 0 aliphatic heterocycles. The number of amides is 1. The van der Waals surface area contributed by atoms with Crippen molar-refractivity contribution >= 4 is 29.0 Å². The standard InChI is InChI=1S/C20H22N2O4/c1-4-18(23)15-9-12(2)13(3)10-17(15)21-11-19(24)22-16-8-6-5-7-14(16)20(25)26/h5-10,21H,4,11H2,1-3H3,(H,22,24)(H,25,26). The Morgan fingerprint density at radius 1 is 0.962 bits per heavy atom. The van der Waals surface area contributed by atoms with E-state index in [9.17, 15) is 14.4 Å². The first-order valence-electron chi connectivity index (χ1n) is 8.34. The number of rotatable bonds is 7. The summed E-state index contributed by atoms with van der Waals surface area (Å²) < 4.78 is 0. The number of hydrogen-bond donors (Lipinski definition) is 3. The van der Waals surface area contributed by atoms with Crippen molar-refractivity contribution in [1.29, 1.82) is 0 Å². The topological polar surface area (TPSA) is 95.5 Å². The van der Waals surface area contributed by atoms with E-state index >= 15 is 0 Å². The number of carboxylic acids is 1. The third kappa shape index (κ3) is 4.47. The van der Waals surface area contributed by atoms with Crippen molar-refractivity contribution in [3.8, 4) is 0 Å². The van der Waals surface area contributed by atoms with E-state index in [1.54, 1.807) is 19.1 Å². The quantitative estimate of drug-likeness (QED) is 0.660. The molecule has 0 saturated heterocycles. The summed E-state index contributed by atoms with van der Waals surface area (Å²) in [6, 6.07) is 9.86. The number of carbonyl (C=O) groups excluding carboxylic acids is 2. The van der Waals surface area contributed by atoms with Crippen molar-refractivity contribution in [2.45, 2.75) is 27.2 Å². The molecular weight excluding hydrogens is 332 g/mol. The second-order valence-corrected chi connectivity index (χ2v) is 6.01. The monoisotopic (exact) mass is 354 g/mol. The molecule has 0 atom stereocenters. The minimum Gasteiger partial charge on any atom is -0.478 e. The van der Waals surface area contributed by atoms with Gasteiger partial charge >= 0.3 is 5.97 Å². The van der Waals surface area contributed by atoms with E-state index in [0.29, 0.717) is 17.7 Å². The molecule has 0 aliphatic rings. The van der Waals surface area contributed by atoms with Crippen LogP contribution in [0.1, 0.15) is 45.2 Å². The van der Waals surface area contributed by atoms with Gasteiger partial charge in [-0.3, -0.25) is 9.59 Å².